The average molecular weight is 539 g/mol. The summed E-state index contributed by atoms with van der Waals surface area (Å²) in [6, 6.07) is 20.7. The van der Waals surface area contributed by atoms with Crippen LogP contribution in [-0.2, 0) is 16.8 Å². The Hall–Kier alpha value is -2.40. The highest BCUT2D eigenvalue weighted by Crippen LogP contribution is 2.49. The van der Waals surface area contributed by atoms with Gasteiger partial charge in [0, 0.05) is 6.92 Å². The molecule has 0 unspecified atom stereocenters. The lowest BCUT2D eigenvalue weighted by Gasteiger charge is -2.37. The molecule has 1 heterocycles. The minimum atomic E-state index is -0.814. The summed E-state index contributed by atoms with van der Waals surface area (Å²) in [6.45, 7) is 7.89. The van der Waals surface area contributed by atoms with Crippen LogP contribution in [-0.4, -0.2) is 10.5 Å². The van der Waals surface area contributed by atoms with Gasteiger partial charge in [-0.05, 0) is 55.1 Å². The standard InChI is InChI=1S/C30H39N3O.BrH/c1-23(2)12-10-11-19-32-20-21-33(24(32)3)28-18-17-27(22-28)30(29(31)34,25-13-6-4-7-14-25)26-15-8-5-9-16-26;/h4-9,13-16,20-21,23,27-28H,10-12,17-19,22H2,1-3H3,(H-,31,34);1H/t27-,28+;/m0./s1. The SMILES string of the molecule is Cc1n([C@@H]2CC[C@H](C(C(N)=O)(c3ccccc3)c3ccccc3)C2)cc[n+]1CCCCC(C)C.[Br-]. The van der Waals surface area contributed by atoms with Crippen LogP contribution in [0, 0.1) is 18.8 Å². The molecule has 2 N–H and O–H groups in total. The second-order valence-electron chi connectivity index (χ2n) is 10.4. The molecule has 0 spiro atoms. The molecule has 1 aliphatic carbocycles. The summed E-state index contributed by atoms with van der Waals surface area (Å²) in [7, 11) is 0. The van der Waals surface area contributed by atoms with Gasteiger partial charge in [-0.15, -0.1) is 0 Å². The Morgan fingerprint density at radius 2 is 1.63 bits per heavy atom. The van der Waals surface area contributed by atoms with Crippen molar-refractivity contribution in [2.45, 2.75) is 77.3 Å². The van der Waals surface area contributed by atoms with Gasteiger partial charge in [0.25, 0.3) is 5.82 Å². The molecular weight excluding hydrogens is 498 g/mol. The smallest absolute Gasteiger partial charge is 0.253 e. The molecule has 3 aromatic rings. The maximum Gasteiger partial charge on any atom is 0.253 e. The zero-order valence-electron chi connectivity index (χ0n) is 21.4. The molecule has 1 saturated carbocycles. The van der Waals surface area contributed by atoms with E-state index in [1.165, 1.54) is 25.1 Å². The van der Waals surface area contributed by atoms with Crippen LogP contribution in [0.25, 0.3) is 0 Å². The number of carbonyl (C=O) groups is 1. The Kier molecular flexibility index (Phi) is 9.34. The third-order valence-electron chi connectivity index (χ3n) is 7.88. The summed E-state index contributed by atoms with van der Waals surface area (Å²) in [5.41, 5.74) is 7.47. The number of amides is 1. The predicted molar refractivity (Wildman–Crippen MR) is 137 cm³/mol. The zero-order chi connectivity index (χ0) is 24.1. The van der Waals surface area contributed by atoms with Crippen LogP contribution in [0.1, 0.15) is 75.4 Å². The van der Waals surface area contributed by atoms with Crippen LogP contribution < -0.4 is 27.3 Å². The van der Waals surface area contributed by atoms with Gasteiger partial charge >= 0.3 is 0 Å². The van der Waals surface area contributed by atoms with Gasteiger partial charge < -0.3 is 22.7 Å². The quantitative estimate of drug-likeness (QED) is 0.313. The first-order valence-electron chi connectivity index (χ1n) is 12.9. The fourth-order valence-electron chi connectivity index (χ4n) is 6.10. The van der Waals surface area contributed by atoms with Crippen molar-refractivity contribution in [3.05, 3.63) is 90.0 Å². The van der Waals surface area contributed by atoms with Crippen molar-refractivity contribution < 1.29 is 26.3 Å². The van der Waals surface area contributed by atoms with E-state index in [1.807, 2.05) is 36.4 Å². The van der Waals surface area contributed by atoms with Crippen molar-refractivity contribution in [2.24, 2.45) is 17.6 Å². The third-order valence-corrected chi connectivity index (χ3v) is 7.88. The Balaban J connectivity index is 0.00000342. The lowest BCUT2D eigenvalue weighted by Crippen LogP contribution is -3.00. The van der Waals surface area contributed by atoms with Crippen LogP contribution in [0.2, 0.25) is 0 Å². The van der Waals surface area contributed by atoms with Crippen molar-refractivity contribution in [2.75, 3.05) is 0 Å². The van der Waals surface area contributed by atoms with Gasteiger partial charge in [0.05, 0.1) is 6.54 Å². The molecule has 0 bridgehead atoms. The lowest BCUT2D eigenvalue weighted by molar-refractivity contribution is -0.703. The van der Waals surface area contributed by atoms with Gasteiger partial charge in [-0.3, -0.25) is 4.79 Å². The number of nitrogens with zero attached hydrogens (tertiary/aromatic N) is 2. The number of aromatic nitrogens is 2. The number of benzene rings is 2. The fourth-order valence-corrected chi connectivity index (χ4v) is 6.10. The van der Waals surface area contributed by atoms with Crippen LogP contribution in [0.5, 0.6) is 0 Å². The predicted octanol–water partition coefficient (Wildman–Crippen LogP) is 2.73. The Labute approximate surface area is 221 Å². The molecule has 2 atom stereocenters. The minimum absolute atomic E-state index is 0. The second-order valence-corrected chi connectivity index (χ2v) is 10.4. The number of carbonyl (C=O) groups excluding carboxylic acids is 1. The number of aryl methyl sites for hydroxylation is 1. The molecule has 4 nitrogen and oxygen atoms in total. The van der Waals surface area contributed by atoms with Gasteiger partial charge in [-0.2, -0.15) is 0 Å². The number of nitrogens with two attached hydrogens (primary N) is 1. The first-order valence-corrected chi connectivity index (χ1v) is 12.9. The van der Waals surface area contributed by atoms with Crippen molar-refractivity contribution in [3.63, 3.8) is 0 Å². The fraction of sp³-hybridized carbons (Fsp3) is 0.467. The lowest BCUT2D eigenvalue weighted by atomic mass is 9.64. The number of halogens is 1. The molecule has 2 aromatic carbocycles. The van der Waals surface area contributed by atoms with E-state index in [0.29, 0.717) is 6.04 Å². The zero-order valence-corrected chi connectivity index (χ0v) is 23.0. The van der Waals surface area contributed by atoms with Crippen molar-refractivity contribution in [3.8, 4) is 0 Å². The molecule has 5 heteroatoms. The van der Waals surface area contributed by atoms with E-state index in [2.05, 4.69) is 66.6 Å². The highest BCUT2D eigenvalue weighted by atomic mass is 79.9. The second kappa shape index (κ2) is 12.0. The normalized spacial score (nSPS) is 17.9. The minimum Gasteiger partial charge on any atom is -1.00 e. The monoisotopic (exact) mass is 537 g/mol. The summed E-state index contributed by atoms with van der Waals surface area (Å²) in [4.78, 5) is 13.3. The van der Waals surface area contributed by atoms with Crippen molar-refractivity contribution in [1.29, 1.82) is 0 Å². The molecule has 188 valence electrons. The number of imidazole rings is 1. The first-order chi connectivity index (χ1) is 16.4. The van der Waals surface area contributed by atoms with Gasteiger partial charge in [0.15, 0.2) is 0 Å². The van der Waals surface area contributed by atoms with Gasteiger partial charge in [0.1, 0.15) is 23.9 Å². The highest BCUT2D eigenvalue weighted by Gasteiger charge is 2.51. The van der Waals surface area contributed by atoms with Crippen LogP contribution in [0.15, 0.2) is 73.1 Å². The molecule has 0 saturated heterocycles. The Morgan fingerprint density at radius 3 is 2.17 bits per heavy atom. The maximum atomic E-state index is 13.3. The molecule has 0 radical (unpaired) electrons. The summed E-state index contributed by atoms with van der Waals surface area (Å²) in [5, 5.41) is 0. The molecule has 35 heavy (non-hydrogen) atoms. The third kappa shape index (κ3) is 5.55. The van der Waals surface area contributed by atoms with E-state index in [4.69, 9.17) is 5.73 Å². The molecule has 1 aliphatic rings. The summed E-state index contributed by atoms with van der Waals surface area (Å²) in [6.07, 6.45) is 11.2. The summed E-state index contributed by atoms with van der Waals surface area (Å²) in [5.74, 6) is 1.98. The van der Waals surface area contributed by atoms with E-state index in [9.17, 15) is 4.79 Å². The van der Waals surface area contributed by atoms with E-state index in [-0.39, 0.29) is 28.8 Å². The molecule has 1 amide bonds. The number of primary amides is 1. The van der Waals surface area contributed by atoms with Crippen LogP contribution in [0.3, 0.4) is 0 Å². The van der Waals surface area contributed by atoms with Crippen LogP contribution >= 0.6 is 0 Å². The summed E-state index contributed by atoms with van der Waals surface area (Å²) < 4.78 is 4.83. The molecule has 0 aliphatic heterocycles. The van der Waals surface area contributed by atoms with Crippen molar-refractivity contribution in [1.82, 2.24) is 4.57 Å². The largest absolute Gasteiger partial charge is 1.00 e. The van der Waals surface area contributed by atoms with Gasteiger partial charge in [-0.25, -0.2) is 9.13 Å². The number of hydrogen-bond donors (Lipinski definition) is 1. The molecule has 1 aromatic heterocycles. The molecule has 4 rings (SSSR count). The number of unbranched alkanes of at least 4 members (excludes halogenated alkanes) is 1. The topological polar surface area (TPSA) is 51.9 Å². The van der Waals surface area contributed by atoms with E-state index in [0.717, 1.165) is 42.9 Å². The average Bonchev–Trinajstić information content (AvgIpc) is 3.45. The molecule has 1 fully saturated rings. The van der Waals surface area contributed by atoms with E-state index >= 15 is 0 Å². The Bertz CT molecular complexity index is 1040. The van der Waals surface area contributed by atoms with Gasteiger partial charge in [-0.1, -0.05) is 80.9 Å². The first kappa shape index (κ1) is 27.2. The summed E-state index contributed by atoms with van der Waals surface area (Å²) >= 11 is 0. The van der Waals surface area contributed by atoms with E-state index in [1.54, 1.807) is 0 Å². The maximum absolute atomic E-state index is 13.3. The van der Waals surface area contributed by atoms with E-state index < -0.39 is 5.41 Å². The highest BCUT2D eigenvalue weighted by molar-refractivity contribution is 5.91. The number of hydrogen-bond acceptors (Lipinski definition) is 1. The Morgan fingerprint density at radius 1 is 1.03 bits per heavy atom. The number of rotatable bonds is 10. The van der Waals surface area contributed by atoms with Crippen LogP contribution in [0.4, 0.5) is 0 Å². The molecular formula is C30H40BrN3O. The van der Waals surface area contributed by atoms with Crippen molar-refractivity contribution >= 4 is 5.91 Å². The van der Waals surface area contributed by atoms with Gasteiger partial charge in [0.2, 0.25) is 5.91 Å².